The number of hydrogen-bond acceptors (Lipinski definition) is 3. The second-order valence-corrected chi connectivity index (χ2v) is 7.38. The topological polar surface area (TPSA) is 36.7 Å². The summed E-state index contributed by atoms with van der Waals surface area (Å²) in [6.45, 7) is 6.87. The lowest BCUT2D eigenvalue weighted by atomic mass is 9.96. The Kier molecular flexibility index (Phi) is 5.31. The molecule has 2 heterocycles. The molecule has 144 valence electrons. The maximum atomic E-state index is 12.9. The van der Waals surface area contributed by atoms with E-state index in [0.29, 0.717) is 11.3 Å². The molecule has 1 fully saturated rings. The molecule has 28 heavy (non-hydrogen) atoms. The average Bonchev–Trinajstić information content (AvgIpc) is 3.08. The Bertz CT molecular complexity index is 886. The van der Waals surface area contributed by atoms with Crippen LogP contribution in [0.25, 0.3) is 0 Å². The molecular weight excluding hydrogens is 348 g/mol. The molecule has 4 heteroatoms. The molecule has 1 aliphatic rings. The van der Waals surface area contributed by atoms with Gasteiger partial charge in [0.05, 0.1) is 11.6 Å². The van der Waals surface area contributed by atoms with Gasteiger partial charge in [0.1, 0.15) is 11.5 Å². The largest absolute Gasteiger partial charge is 0.466 e. The van der Waals surface area contributed by atoms with Gasteiger partial charge in [-0.2, -0.15) is 0 Å². The predicted octanol–water partition coefficient (Wildman–Crippen LogP) is 4.44. The average molecular weight is 374 g/mol. The molecule has 0 radical (unpaired) electrons. The van der Waals surface area contributed by atoms with Gasteiger partial charge in [-0.3, -0.25) is 9.69 Å². The highest BCUT2D eigenvalue weighted by atomic mass is 16.3. The SMILES string of the molecule is Cc1cc(C(=O)N2CCN(C(c3ccccc3)c3ccccc3)CC2)c(C)o1. The Balaban J connectivity index is 1.52. The zero-order chi connectivity index (χ0) is 19.5. The van der Waals surface area contributed by atoms with Gasteiger partial charge in [-0.1, -0.05) is 60.7 Å². The fraction of sp³-hybridized carbons (Fsp3) is 0.292. The molecule has 0 unspecified atom stereocenters. The van der Waals surface area contributed by atoms with Crippen molar-refractivity contribution in [2.24, 2.45) is 0 Å². The number of amides is 1. The smallest absolute Gasteiger partial charge is 0.257 e. The first kappa shape index (κ1) is 18.5. The molecule has 0 N–H and O–H groups in total. The van der Waals surface area contributed by atoms with Gasteiger partial charge in [0.25, 0.3) is 5.91 Å². The van der Waals surface area contributed by atoms with Crippen LogP contribution >= 0.6 is 0 Å². The lowest BCUT2D eigenvalue weighted by Crippen LogP contribution is -2.49. The molecule has 3 aromatic rings. The Labute approximate surface area is 166 Å². The third-order valence-electron chi connectivity index (χ3n) is 5.47. The number of nitrogens with zero attached hydrogens (tertiary/aromatic N) is 2. The van der Waals surface area contributed by atoms with E-state index >= 15 is 0 Å². The standard InChI is InChI=1S/C24H26N2O2/c1-18-17-22(19(2)28-18)24(27)26-15-13-25(14-16-26)23(20-9-5-3-6-10-20)21-11-7-4-8-12-21/h3-12,17,23H,13-16H2,1-2H3. The molecule has 1 aliphatic heterocycles. The first-order chi connectivity index (χ1) is 13.6. The Hall–Kier alpha value is -2.85. The minimum absolute atomic E-state index is 0.0740. The maximum absolute atomic E-state index is 12.9. The molecule has 0 spiro atoms. The van der Waals surface area contributed by atoms with Crippen molar-refractivity contribution in [3.63, 3.8) is 0 Å². The molecule has 4 rings (SSSR count). The number of piperazine rings is 1. The summed E-state index contributed by atoms with van der Waals surface area (Å²) in [4.78, 5) is 17.3. The maximum Gasteiger partial charge on any atom is 0.257 e. The molecule has 0 saturated carbocycles. The first-order valence-electron chi connectivity index (χ1n) is 9.84. The summed E-state index contributed by atoms with van der Waals surface area (Å²) in [5, 5.41) is 0. The van der Waals surface area contributed by atoms with E-state index in [-0.39, 0.29) is 11.9 Å². The van der Waals surface area contributed by atoms with Crippen LogP contribution < -0.4 is 0 Å². The van der Waals surface area contributed by atoms with Crippen LogP contribution in [0.2, 0.25) is 0 Å². The fourth-order valence-electron chi connectivity index (χ4n) is 4.08. The van der Waals surface area contributed by atoms with Crippen LogP contribution in [0.3, 0.4) is 0 Å². The highest BCUT2D eigenvalue weighted by molar-refractivity contribution is 5.95. The fourth-order valence-corrected chi connectivity index (χ4v) is 4.08. The highest BCUT2D eigenvalue weighted by Gasteiger charge is 2.29. The lowest BCUT2D eigenvalue weighted by Gasteiger charge is -2.39. The van der Waals surface area contributed by atoms with Crippen LogP contribution in [0.5, 0.6) is 0 Å². The van der Waals surface area contributed by atoms with Gasteiger partial charge in [-0.25, -0.2) is 0 Å². The number of hydrogen-bond donors (Lipinski definition) is 0. The van der Waals surface area contributed by atoms with Crippen molar-refractivity contribution in [2.75, 3.05) is 26.2 Å². The highest BCUT2D eigenvalue weighted by Crippen LogP contribution is 2.29. The van der Waals surface area contributed by atoms with Crippen molar-refractivity contribution >= 4 is 5.91 Å². The van der Waals surface area contributed by atoms with Crippen molar-refractivity contribution in [2.45, 2.75) is 19.9 Å². The van der Waals surface area contributed by atoms with Crippen molar-refractivity contribution in [1.29, 1.82) is 0 Å². The molecule has 0 aliphatic carbocycles. The zero-order valence-electron chi connectivity index (χ0n) is 16.5. The number of aryl methyl sites for hydroxylation is 2. The van der Waals surface area contributed by atoms with Gasteiger partial charge < -0.3 is 9.32 Å². The number of benzene rings is 2. The molecule has 2 aromatic carbocycles. The summed E-state index contributed by atoms with van der Waals surface area (Å²) >= 11 is 0. The lowest BCUT2D eigenvalue weighted by molar-refractivity contribution is 0.0595. The van der Waals surface area contributed by atoms with Crippen LogP contribution in [0.1, 0.15) is 39.0 Å². The van der Waals surface area contributed by atoms with E-state index in [9.17, 15) is 4.79 Å². The van der Waals surface area contributed by atoms with Crippen LogP contribution in [0.15, 0.2) is 71.1 Å². The molecule has 0 bridgehead atoms. The molecular formula is C24H26N2O2. The van der Waals surface area contributed by atoms with Crippen LogP contribution in [0, 0.1) is 13.8 Å². The van der Waals surface area contributed by atoms with Crippen LogP contribution in [-0.4, -0.2) is 41.9 Å². The summed E-state index contributed by atoms with van der Waals surface area (Å²) < 4.78 is 5.54. The zero-order valence-corrected chi connectivity index (χ0v) is 16.5. The van der Waals surface area contributed by atoms with E-state index in [1.165, 1.54) is 11.1 Å². The Morgan fingerprint density at radius 2 is 1.39 bits per heavy atom. The van der Waals surface area contributed by atoms with Crippen molar-refractivity contribution in [1.82, 2.24) is 9.80 Å². The minimum atomic E-state index is 0.0740. The van der Waals surface area contributed by atoms with E-state index in [1.54, 1.807) is 0 Å². The number of carbonyl (C=O) groups excluding carboxylic acids is 1. The van der Waals surface area contributed by atoms with E-state index in [1.807, 2.05) is 24.8 Å². The van der Waals surface area contributed by atoms with Gasteiger partial charge in [0.15, 0.2) is 0 Å². The van der Waals surface area contributed by atoms with Gasteiger partial charge in [0.2, 0.25) is 0 Å². The number of furan rings is 1. The van der Waals surface area contributed by atoms with Gasteiger partial charge in [0, 0.05) is 26.2 Å². The normalized spacial score (nSPS) is 15.2. The third kappa shape index (κ3) is 3.73. The number of rotatable bonds is 4. The Morgan fingerprint density at radius 3 is 1.86 bits per heavy atom. The Morgan fingerprint density at radius 1 is 0.857 bits per heavy atom. The minimum Gasteiger partial charge on any atom is -0.466 e. The van der Waals surface area contributed by atoms with E-state index in [4.69, 9.17) is 4.42 Å². The second-order valence-electron chi connectivity index (χ2n) is 7.38. The van der Waals surface area contributed by atoms with Crippen molar-refractivity contribution in [3.8, 4) is 0 Å². The molecule has 0 atom stereocenters. The summed E-state index contributed by atoms with van der Waals surface area (Å²) in [5.41, 5.74) is 3.26. The summed E-state index contributed by atoms with van der Waals surface area (Å²) in [6.07, 6.45) is 0. The van der Waals surface area contributed by atoms with E-state index < -0.39 is 0 Å². The summed E-state index contributed by atoms with van der Waals surface area (Å²) in [7, 11) is 0. The summed E-state index contributed by atoms with van der Waals surface area (Å²) in [5.74, 6) is 1.56. The van der Waals surface area contributed by atoms with Crippen LogP contribution in [-0.2, 0) is 0 Å². The molecule has 1 amide bonds. The van der Waals surface area contributed by atoms with Gasteiger partial charge in [-0.15, -0.1) is 0 Å². The molecule has 4 nitrogen and oxygen atoms in total. The van der Waals surface area contributed by atoms with Gasteiger partial charge >= 0.3 is 0 Å². The van der Waals surface area contributed by atoms with E-state index in [2.05, 4.69) is 65.6 Å². The quantitative estimate of drug-likeness (QED) is 0.677. The molecule has 1 saturated heterocycles. The number of carbonyl (C=O) groups is 1. The third-order valence-corrected chi connectivity index (χ3v) is 5.47. The monoisotopic (exact) mass is 374 g/mol. The molecule has 1 aromatic heterocycles. The van der Waals surface area contributed by atoms with E-state index in [0.717, 1.165) is 31.9 Å². The second kappa shape index (κ2) is 8.03. The summed E-state index contributed by atoms with van der Waals surface area (Å²) in [6, 6.07) is 23.3. The van der Waals surface area contributed by atoms with Crippen molar-refractivity contribution in [3.05, 3.63) is 94.9 Å². The van der Waals surface area contributed by atoms with Gasteiger partial charge in [-0.05, 0) is 31.0 Å². The predicted molar refractivity (Wildman–Crippen MR) is 110 cm³/mol. The first-order valence-corrected chi connectivity index (χ1v) is 9.84. The van der Waals surface area contributed by atoms with Crippen LogP contribution in [0.4, 0.5) is 0 Å². The van der Waals surface area contributed by atoms with Crippen molar-refractivity contribution < 1.29 is 9.21 Å².